The predicted molar refractivity (Wildman–Crippen MR) is 59.5 cm³/mol. The van der Waals surface area contributed by atoms with Crippen molar-refractivity contribution in [2.45, 2.75) is 13.0 Å². The van der Waals surface area contributed by atoms with Crippen LogP contribution in [0.15, 0.2) is 29.0 Å². The standard InChI is InChI=1S/C12H10F2OS/c1-7-5-16-6-11(7)12(15)8-2-9(13)4-10(14)3-8/h2-6,12,15H,1H3. The summed E-state index contributed by atoms with van der Waals surface area (Å²) in [6.07, 6.45) is -0.976. The first-order valence-electron chi connectivity index (χ1n) is 4.74. The number of aryl methyl sites for hydroxylation is 1. The lowest BCUT2D eigenvalue weighted by Crippen LogP contribution is -2.01. The van der Waals surface area contributed by atoms with Crippen molar-refractivity contribution in [2.24, 2.45) is 0 Å². The second kappa shape index (κ2) is 4.31. The van der Waals surface area contributed by atoms with Crippen LogP contribution in [0.3, 0.4) is 0 Å². The SMILES string of the molecule is Cc1cscc1C(O)c1cc(F)cc(F)c1. The summed E-state index contributed by atoms with van der Waals surface area (Å²) < 4.78 is 26.0. The third-order valence-corrected chi connectivity index (χ3v) is 3.27. The maximum Gasteiger partial charge on any atom is 0.126 e. The van der Waals surface area contributed by atoms with Crippen LogP contribution in [0.2, 0.25) is 0 Å². The largest absolute Gasteiger partial charge is 0.384 e. The molecule has 0 saturated carbocycles. The molecule has 0 spiro atoms. The van der Waals surface area contributed by atoms with Crippen LogP contribution in [0.1, 0.15) is 22.8 Å². The van der Waals surface area contributed by atoms with Gasteiger partial charge in [0.1, 0.15) is 17.7 Å². The molecule has 0 radical (unpaired) electrons. The van der Waals surface area contributed by atoms with Crippen LogP contribution < -0.4 is 0 Å². The van der Waals surface area contributed by atoms with Gasteiger partial charge in [0, 0.05) is 6.07 Å². The average molecular weight is 240 g/mol. The van der Waals surface area contributed by atoms with E-state index in [0.29, 0.717) is 5.56 Å². The van der Waals surface area contributed by atoms with Gasteiger partial charge in [-0.25, -0.2) is 8.78 Å². The van der Waals surface area contributed by atoms with E-state index in [4.69, 9.17) is 0 Å². The Bertz CT molecular complexity index is 487. The van der Waals surface area contributed by atoms with Crippen molar-refractivity contribution >= 4 is 11.3 Å². The summed E-state index contributed by atoms with van der Waals surface area (Å²) in [6, 6.07) is 3.08. The fourth-order valence-electron chi connectivity index (χ4n) is 1.56. The first-order valence-corrected chi connectivity index (χ1v) is 5.69. The highest BCUT2D eigenvalue weighted by atomic mass is 32.1. The van der Waals surface area contributed by atoms with Crippen molar-refractivity contribution in [3.63, 3.8) is 0 Å². The molecule has 1 unspecified atom stereocenters. The molecule has 1 atom stereocenters. The molecule has 2 rings (SSSR count). The summed E-state index contributed by atoms with van der Waals surface area (Å²) in [4.78, 5) is 0. The zero-order chi connectivity index (χ0) is 11.7. The van der Waals surface area contributed by atoms with Crippen molar-refractivity contribution < 1.29 is 13.9 Å². The van der Waals surface area contributed by atoms with E-state index in [1.807, 2.05) is 12.3 Å². The summed E-state index contributed by atoms with van der Waals surface area (Å²) in [7, 11) is 0. The second-order valence-corrected chi connectivity index (χ2v) is 4.36. The number of hydrogen-bond acceptors (Lipinski definition) is 2. The number of rotatable bonds is 2. The van der Waals surface area contributed by atoms with Gasteiger partial charge in [-0.3, -0.25) is 0 Å². The third kappa shape index (κ3) is 2.13. The van der Waals surface area contributed by atoms with Gasteiger partial charge in [-0.2, -0.15) is 11.3 Å². The molecule has 16 heavy (non-hydrogen) atoms. The van der Waals surface area contributed by atoms with E-state index in [9.17, 15) is 13.9 Å². The summed E-state index contributed by atoms with van der Waals surface area (Å²) in [5.41, 5.74) is 1.84. The number of aliphatic hydroxyl groups excluding tert-OH is 1. The molecule has 2 aromatic rings. The second-order valence-electron chi connectivity index (χ2n) is 3.62. The van der Waals surface area contributed by atoms with Gasteiger partial charge in [-0.05, 0) is 46.5 Å². The highest BCUT2D eigenvalue weighted by Crippen LogP contribution is 2.28. The van der Waals surface area contributed by atoms with E-state index in [1.54, 1.807) is 5.38 Å². The van der Waals surface area contributed by atoms with Crippen molar-refractivity contribution in [3.05, 3.63) is 57.3 Å². The summed E-state index contributed by atoms with van der Waals surface area (Å²) in [5, 5.41) is 13.6. The van der Waals surface area contributed by atoms with Crippen LogP contribution >= 0.6 is 11.3 Å². The Morgan fingerprint density at radius 2 is 1.75 bits per heavy atom. The molecule has 0 fully saturated rings. The molecule has 84 valence electrons. The average Bonchev–Trinajstić information content (AvgIpc) is 2.62. The van der Waals surface area contributed by atoms with Crippen LogP contribution in [-0.2, 0) is 0 Å². The Labute approximate surface area is 96.0 Å². The zero-order valence-electron chi connectivity index (χ0n) is 8.58. The van der Waals surface area contributed by atoms with Crippen molar-refractivity contribution in [3.8, 4) is 0 Å². The highest BCUT2D eigenvalue weighted by Gasteiger charge is 2.15. The predicted octanol–water partition coefficient (Wildman–Crippen LogP) is 3.42. The van der Waals surface area contributed by atoms with Gasteiger partial charge in [0.2, 0.25) is 0 Å². The molecule has 1 N–H and O–H groups in total. The molecule has 1 aromatic carbocycles. The minimum atomic E-state index is -0.976. The van der Waals surface area contributed by atoms with Crippen LogP contribution in [0.5, 0.6) is 0 Å². The molecule has 0 aliphatic heterocycles. The van der Waals surface area contributed by atoms with Gasteiger partial charge >= 0.3 is 0 Å². The summed E-state index contributed by atoms with van der Waals surface area (Å²) >= 11 is 1.45. The van der Waals surface area contributed by atoms with E-state index in [1.165, 1.54) is 11.3 Å². The van der Waals surface area contributed by atoms with Gasteiger partial charge in [0.25, 0.3) is 0 Å². The van der Waals surface area contributed by atoms with Crippen LogP contribution in [-0.4, -0.2) is 5.11 Å². The van der Waals surface area contributed by atoms with Gasteiger partial charge < -0.3 is 5.11 Å². The van der Waals surface area contributed by atoms with E-state index in [2.05, 4.69) is 0 Å². The third-order valence-electron chi connectivity index (χ3n) is 2.39. The van der Waals surface area contributed by atoms with E-state index in [-0.39, 0.29) is 5.56 Å². The first-order chi connectivity index (χ1) is 7.58. The molecule has 0 bridgehead atoms. The summed E-state index contributed by atoms with van der Waals surface area (Å²) in [5.74, 6) is -1.36. The fraction of sp³-hybridized carbons (Fsp3) is 0.167. The molecule has 0 amide bonds. The van der Waals surface area contributed by atoms with Crippen LogP contribution in [0.4, 0.5) is 8.78 Å². The summed E-state index contributed by atoms with van der Waals surface area (Å²) in [6.45, 7) is 1.85. The van der Waals surface area contributed by atoms with E-state index >= 15 is 0 Å². The Hall–Kier alpha value is -1.26. The number of hydrogen-bond donors (Lipinski definition) is 1. The number of halogens is 2. The van der Waals surface area contributed by atoms with E-state index in [0.717, 1.165) is 23.8 Å². The van der Waals surface area contributed by atoms with Crippen molar-refractivity contribution in [2.75, 3.05) is 0 Å². The van der Waals surface area contributed by atoms with Gasteiger partial charge in [-0.15, -0.1) is 0 Å². The minimum Gasteiger partial charge on any atom is -0.384 e. The molecule has 4 heteroatoms. The monoisotopic (exact) mass is 240 g/mol. The maximum absolute atomic E-state index is 13.0. The van der Waals surface area contributed by atoms with Crippen molar-refractivity contribution in [1.82, 2.24) is 0 Å². The van der Waals surface area contributed by atoms with Gasteiger partial charge in [0.05, 0.1) is 0 Å². The number of benzene rings is 1. The van der Waals surface area contributed by atoms with Crippen LogP contribution in [0.25, 0.3) is 0 Å². The van der Waals surface area contributed by atoms with Gasteiger partial charge in [0.15, 0.2) is 0 Å². The molecule has 0 aliphatic carbocycles. The smallest absolute Gasteiger partial charge is 0.126 e. The molecule has 0 aliphatic rings. The zero-order valence-corrected chi connectivity index (χ0v) is 9.39. The lowest BCUT2D eigenvalue weighted by atomic mass is 10.0. The van der Waals surface area contributed by atoms with E-state index < -0.39 is 17.7 Å². The van der Waals surface area contributed by atoms with Crippen LogP contribution in [0, 0.1) is 18.6 Å². The van der Waals surface area contributed by atoms with Crippen molar-refractivity contribution in [1.29, 1.82) is 0 Å². The highest BCUT2D eigenvalue weighted by molar-refractivity contribution is 7.08. The number of thiophene rings is 1. The molecular formula is C12H10F2OS. The topological polar surface area (TPSA) is 20.2 Å². The Kier molecular flexibility index (Phi) is 3.03. The Balaban J connectivity index is 2.41. The Morgan fingerprint density at radius 1 is 1.12 bits per heavy atom. The molecule has 0 saturated heterocycles. The molecule has 1 nitrogen and oxygen atoms in total. The minimum absolute atomic E-state index is 0.235. The Morgan fingerprint density at radius 3 is 2.25 bits per heavy atom. The molecule has 1 heterocycles. The quantitative estimate of drug-likeness (QED) is 0.852. The molecular weight excluding hydrogens is 230 g/mol. The van der Waals surface area contributed by atoms with Gasteiger partial charge in [-0.1, -0.05) is 0 Å². The normalized spacial score (nSPS) is 12.8. The lowest BCUT2D eigenvalue weighted by Gasteiger charge is -2.11. The molecule has 1 aromatic heterocycles. The number of aliphatic hydroxyl groups is 1. The maximum atomic E-state index is 13.0. The lowest BCUT2D eigenvalue weighted by molar-refractivity contribution is 0.219. The fourth-order valence-corrected chi connectivity index (χ4v) is 2.43. The first kappa shape index (κ1) is 11.2.